The third-order valence-corrected chi connectivity index (χ3v) is 12.4. The predicted octanol–water partition coefficient (Wildman–Crippen LogP) is 14.0. The third-order valence-electron chi connectivity index (χ3n) is 12.4. The standard InChI is InChI=1S/C32H25N2.C27H21N2/c1-3-9-25(10-4-1)26-15-17-27(18-16-26)28-19-21-30(22-20-28)33-23-29-11-7-8-14-32(29)34(24-33)31-12-5-2-6-13-31;1-2-10-23(11-3-1)29-19-28(18-21-9-5-7-13-27(21)29)24-14-15-26-22(17-24)16-20-8-4-6-12-25(20)26/h1-23H,24H2;1-15,17-18H,16,19H2/q2*+1. The Morgan fingerprint density at radius 1 is 0.317 bits per heavy atom. The molecule has 3 aliphatic rings. The molecule has 0 spiro atoms. The van der Waals surface area contributed by atoms with Gasteiger partial charge in [-0.15, -0.1) is 0 Å². The van der Waals surface area contributed by atoms with Crippen molar-refractivity contribution in [1.29, 1.82) is 0 Å². The van der Waals surface area contributed by atoms with Crippen molar-refractivity contribution in [3.63, 3.8) is 0 Å². The van der Waals surface area contributed by atoms with Crippen LogP contribution in [0.15, 0.2) is 231 Å². The summed E-state index contributed by atoms with van der Waals surface area (Å²) in [6, 6.07) is 82.3. The van der Waals surface area contributed by atoms with Gasteiger partial charge in [-0.05, 0) is 118 Å². The van der Waals surface area contributed by atoms with E-state index in [4.69, 9.17) is 0 Å². The van der Waals surface area contributed by atoms with Crippen molar-refractivity contribution in [3.05, 3.63) is 253 Å². The molecule has 0 N–H and O–H groups in total. The van der Waals surface area contributed by atoms with E-state index in [0.29, 0.717) is 0 Å². The minimum Gasteiger partial charge on any atom is -0.285 e. The zero-order valence-corrected chi connectivity index (χ0v) is 35.0. The van der Waals surface area contributed by atoms with Gasteiger partial charge in [0, 0.05) is 35.6 Å². The zero-order valence-electron chi connectivity index (χ0n) is 35.0. The number of hydrogen-bond donors (Lipinski definition) is 0. The van der Waals surface area contributed by atoms with Crippen LogP contribution in [0.1, 0.15) is 22.3 Å². The molecule has 0 fully saturated rings. The minimum absolute atomic E-state index is 0.770. The minimum atomic E-state index is 0.770. The van der Waals surface area contributed by atoms with Crippen LogP contribution in [0.25, 0.3) is 33.4 Å². The highest BCUT2D eigenvalue weighted by molar-refractivity contribution is 5.90. The molecule has 4 heteroatoms. The van der Waals surface area contributed by atoms with Crippen molar-refractivity contribution in [2.45, 2.75) is 6.42 Å². The van der Waals surface area contributed by atoms with Gasteiger partial charge in [0.05, 0.1) is 22.5 Å². The number of para-hydroxylation sites is 4. The van der Waals surface area contributed by atoms with E-state index in [9.17, 15) is 0 Å². The highest BCUT2D eigenvalue weighted by Gasteiger charge is 2.28. The zero-order chi connectivity index (χ0) is 42.0. The van der Waals surface area contributed by atoms with Crippen LogP contribution in [0, 0.1) is 0 Å². The van der Waals surface area contributed by atoms with Gasteiger partial charge in [0.2, 0.25) is 24.7 Å². The second-order valence-corrected chi connectivity index (χ2v) is 16.3. The molecule has 2 aliphatic heterocycles. The van der Waals surface area contributed by atoms with E-state index < -0.39 is 0 Å². The Balaban J connectivity index is 0.000000143. The topological polar surface area (TPSA) is 12.5 Å². The maximum absolute atomic E-state index is 2.39. The van der Waals surface area contributed by atoms with Crippen LogP contribution in [0.5, 0.6) is 0 Å². The second-order valence-electron chi connectivity index (χ2n) is 16.3. The van der Waals surface area contributed by atoms with Crippen molar-refractivity contribution < 1.29 is 9.15 Å². The quantitative estimate of drug-likeness (QED) is 0.155. The fourth-order valence-electron chi connectivity index (χ4n) is 9.17. The summed E-state index contributed by atoms with van der Waals surface area (Å²) in [5.74, 6) is 0. The molecule has 0 unspecified atom stereocenters. The molecule has 9 aromatic rings. The highest BCUT2D eigenvalue weighted by Crippen LogP contribution is 2.39. The number of fused-ring (bicyclic) bond motifs is 5. The van der Waals surface area contributed by atoms with E-state index >= 15 is 0 Å². The Labute approximate surface area is 369 Å². The molecule has 4 nitrogen and oxygen atoms in total. The van der Waals surface area contributed by atoms with Crippen LogP contribution in [0.2, 0.25) is 0 Å². The predicted molar refractivity (Wildman–Crippen MR) is 262 cm³/mol. The molecular weight excluding hydrogens is 765 g/mol. The van der Waals surface area contributed by atoms with Crippen LogP contribution in [-0.2, 0) is 6.42 Å². The van der Waals surface area contributed by atoms with E-state index in [1.54, 1.807) is 0 Å². The maximum Gasteiger partial charge on any atom is 0.228 e. The van der Waals surface area contributed by atoms with Crippen molar-refractivity contribution in [2.24, 2.45) is 0 Å². The Hall–Kier alpha value is -8.08. The summed E-state index contributed by atoms with van der Waals surface area (Å²) in [7, 11) is 0. The van der Waals surface area contributed by atoms with Gasteiger partial charge in [-0.1, -0.05) is 140 Å². The first-order valence-corrected chi connectivity index (χ1v) is 21.8. The molecular formula is C59H46N4+2. The van der Waals surface area contributed by atoms with Gasteiger partial charge >= 0.3 is 0 Å². The van der Waals surface area contributed by atoms with Gasteiger partial charge in [-0.3, -0.25) is 9.80 Å². The molecule has 0 bridgehead atoms. The highest BCUT2D eigenvalue weighted by atomic mass is 15.3. The first-order chi connectivity index (χ1) is 31.2. The number of nitrogens with zero attached hydrogens (tertiary/aromatic N) is 4. The second kappa shape index (κ2) is 16.8. The largest absolute Gasteiger partial charge is 0.285 e. The van der Waals surface area contributed by atoms with Crippen molar-refractivity contribution >= 4 is 46.6 Å². The van der Waals surface area contributed by atoms with Crippen LogP contribution in [-0.4, -0.2) is 34.9 Å². The first kappa shape index (κ1) is 37.9. The Morgan fingerprint density at radius 3 is 1.30 bits per heavy atom. The van der Waals surface area contributed by atoms with Gasteiger partial charge in [-0.25, -0.2) is 0 Å². The van der Waals surface area contributed by atoms with Crippen molar-refractivity contribution in [1.82, 2.24) is 0 Å². The van der Waals surface area contributed by atoms with Gasteiger partial charge in [0.15, 0.2) is 12.4 Å². The van der Waals surface area contributed by atoms with E-state index in [-0.39, 0.29) is 0 Å². The van der Waals surface area contributed by atoms with Crippen LogP contribution < -0.4 is 9.80 Å². The van der Waals surface area contributed by atoms with Crippen LogP contribution in [0.3, 0.4) is 0 Å². The van der Waals surface area contributed by atoms with Crippen LogP contribution >= 0.6 is 0 Å². The average molecular weight is 811 g/mol. The summed E-state index contributed by atoms with van der Waals surface area (Å²) in [5, 5.41) is 0. The molecule has 0 aromatic heterocycles. The summed E-state index contributed by atoms with van der Waals surface area (Å²) in [6.07, 6.45) is 5.54. The molecule has 0 saturated heterocycles. The lowest BCUT2D eigenvalue weighted by atomic mass is 10.0. The lowest BCUT2D eigenvalue weighted by Crippen LogP contribution is -2.31. The SMILES string of the molecule is C1=[N+](c2ccc(-c3ccc(-c4ccccc4)cc3)cc2)CN(c2ccccc2)c2ccccc21.C1=[N+](c2ccc3c(c2)Cc2ccccc2-3)CN(c2ccccc2)c2ccccc21. The Morgan fingerprint density at radius 2 is 0.730 bits per heavy atom. The molecule has 0 saturated carbocycles. The molecule has 9 aromatic carbocycles. The normalized spacial score (nSPS) is 13.3. The monoisotopic (exact) mass is 810 g/mol. The van der Waals surface area contributed by atoms with E-state index in [1.165, 1.54) is 89.8 Å². The van der Waals surface area contributed by atoms with Gasteiger partial charge in [-0.2, -0.15) is 9.15 Å². The summed E-state index contributed by atoms with van der Waals surface area (Å²) < 4.78 is 4.68. The van der Waals surface area contributed by atoms with Crippen molar-refractivity contribution in [2.75, 3.05) is 23.1 Å². The molecule has 12 rings (SSSR count). The molecule has 2 heterocycles. The number of rotatable bonds is 6. The summed E-state index contributed by atoms with van der Waals surface area (Å²) in [5.41, 5.74) is 20.3. The molecule has 300 valence electrons. The van der Waals surface area contributed by atoms with E-state index in [0.717, 1.165) is 19.8 Å². The van der Waals surface area contributed by atoms with Crippen molar-refractivity contribution in [3.8, 4) is 33.4 Å². The summed E-state index contributed by atoms with van der Waals surface area (Å²) in [6.45, 7) is 1.57. The molecule has 0 amide bonds. The Bertz CT molecular complexity index is 3120. The van der Waals surface area contributed by atoms with Gasteiger partial charge < -0.3 is 0 Å². The van der Waals surface area contributed by atoms with E-state index in [1.807, 2.05) is 0 Å². The maximum atomic E-state index is 2.39. The average Bonchev–Trinajstić information content (AvgIpc) is 3.75. The lowest BCUT2D eigenvalue weighted by molar-refractivity contribution is -0.434. The third kappa shape index (κ3) is 7.64. The Kier molecular flexibility index (Phi) is 10.1. The van der Waals surface area contributed by atoms with E-state index in [2.05, 4.69) is 262 Å². The fourth-order valence-corrected chi connectivity index (χ4v) is 9.17. The first-order valence-electron chi connectivity index (χ1n) is 21.8. The number of anilines is 4. The molecule has 1 aliphatic carbocycles. The summed E-state index contributed by atoms with van der Waals surface area (Å²) in [4.78, 5) is 4.75. The van der Waals surface area contributed by atoms with Crippen LogP contribution in [0.4, 0.5) is 34.1 Å². The summed E-state index contributed by atoms with van der Waals surface area (Å²) >= 11 is 0. The molecule has 0 radical (unpaired) electrons. The van der Waals surface area contributed by atoms with Gasteiger partial charge in [0.25, 0.3) is 0 Å². The lowest BCUT2D eigenvalue weighted by Gasteiger charge is -2.27. The number of benzene rings is 9. The number of hydrogen-bond acceptors (Lipinski definition) is 2. The smallest absolute Gasteiger partial charge is 0.228 e. The fraction of sp³-hybridized carbons (Fsp3) is 0.0508. The van der Waals surface area contributed by atoms with Gasteiger partial charge in [0.1, 0.15) is 0 Å². The molecule has 0 atom stereocenters. The molecule has 63 heavy (non-hydrogen) atoms.